The number of hydrogen-bond donors (Lipinski definition) is 1. The molecule has 0 aromatic heterocycles. The molecule has 0 spiro atoms. The van der Waals surface area contributed by atoms with Crippen molar-refractivity contribution in [1.29, 1.82) is 0 Å². The van der Waals surface area contributed by atoms with Gasteiger partial charge < -0.3 is 14.9 Å². The van der Waals surface area contributed by atoms with Gasteiger partial charge in [-0.05, 0) is 25.5 Å². The van der Waals surface area contributed by atoms with E-state index in [4.69, 9.17) is 0 Å². The van der Waals surface area contributed by atoms with E-state index in [0.29, 0.717) is 6.54 Å². The van der Waals surface area contributed by atoms with E-state index in [2.05, 4.69) is 0 Å². The maximum absolute atomic E-state index is 11.9. The first-order valence-electron chi connectivity index (χ1n) is 6.21. The van der Waals surface area contributed by atoms with Gasteiger partial charge >= 0.3 is 5.97 Å². The Morgan fingerprint density at radius 2 is 2.05 bits per heavy atom. The second kappa shape index (κ2) is 4.91. The van der Waals surface area contributed by atoms with Crippen LogP contribution >= 0.6 is 0 Å². The van der Waals surface area contributed by atoms with Gasteiger partial charge in [-0.3, -0.25) is 4.79 Å². The maximum Gasteiger partial charge on any atom is 0.328 e. The van der Waals surface area contributed by atoms with Crippen LogP contribution in [0.3, 0.4) is 0 Å². The van der Waals surface area contributed by atoms with Crippen LogP contribution in [0.4, 0.5) is 5.69 Å². The van der Waals surface area contributed by atoms with Crippen molar-refractivity contribution in [1.82, 2.24) is 4.90 Å². The van der Waals surface area contributed by atoms with E-state index in [1.807, 2.05) is 36.9 Å². The van der Waals surface area contributed by atoms with Crippen LogP contribution in [-0.2, 0) is 9.59 Å². The van der Waals surface area contributed by atoms with Crippen molar-refractivity contribution in [3.05, 3.63) is 29.3 Å². The Morgan fingerprint density at radius 1 is 1.37 bits per heavy atom. The third-order valence-electron chi connectivity index (χ3n) is 3.56. The molecule has 0 aliphatic carbocycles. The Morgan fingerprint density at radius 3 is 2.63 bits per heavy atom. The molecule has 1 aromatic carbocycles. The SMILES string of the molecule is Cc1ccc(N2CC(=O)N(C)C(C(=O)O)C2)c(C)c1. The first-order chi connectivity index (χ1) is 8.90. The number of aryl methyl sites for hydroxylation is 2. The monoisotopic (exact) mass is 262 g/mol. The number of piperazine rings is 1. The summed E-state index contributed by atoms with van der Waals surface area (Å²) in [5.74, 6) is -1.14. The number of aliphatic carboxylic acids is 1. The summed E-state index contributed by atoms with van der Waals surface area (Å²) >= 11 is 0. The first kappa shape index (κ1) is 13.4. The topological polar surface area (TPSA) is 60.9 Å². The van der Waals surface area contributed by atoms with E-state index in [1.54, 1.807) is 7.05 Å². The summed E-state index contributed by atoms with van der Waals surface area (Å²) in [7, 11) is 1.54. The number of carboxylic acids is 1. The zero-order chi connectivity index (χ0) is 14.2. The molecule has 0 radical (unpaired) electrons. The van der Waals surface area contributed by atoms with E-state index >= 15 is 0 Å². The molecule has 1 saturated heterocycles. The minimum atomic E-state index is -0.967. The summed E-state index contributed by atoms with van der Waals surface area (Å²) in [6, 6.07) is 5.17. The Labute approximate surface area is 112 Å². The third kappa shape index (κ3) is 2.54. The molecule has 1 aromatic rings. The maximum atomic E-state index is 11.9. The van der Waals surface area contributed by atoms with Gasteiger partial charge in [0.05, 0.1) is 6.54 Å². The molecule has 19 heavy (non-hydrogen) atoms. The molecule has 5 nitrogen and oxygen atoms in total. The van der Waals surface area contributed by atoms with Crippen LogP contribution in [0.15, 0.2) is 18.2 Å². The molecule has 2 rings (SSSR count). The number of likely N-dealkylation sites (N-methyl/N-ethyl adjacent to an activating group) is 1. The second-order valence-electron chi connectivity index (χ2n) is 5.03. The minimum Gasteiger partial charge on any atom is -0.480 e. The molecule has 1 atom stereocenters. The normalized spacial score (nSPS) is 19.7. The van der Waals surface area contributed by atoms with Crippen LogP contribution < -0.4 is 4.90 Å². The number of rotatable bonds is 2. The van der Waals surface area contributed by atoms with Gasteiger partial charge in [0.25, 0.3) is 0 Å². The Bertz CT molecular complexity index is 527. The molecule has 1 aliphatic heterocycles. The fraction of sp³-hybridized carbons (Fsp3) is 0.429. The predicted molar refractivity (Wildman–Crippen MR) is 72.3 cm³/mol. The molecule has 1 heterocycles. The number of hydrogen-bond acceptors (Lipinski definition) is 3. The van der Waals surface area contributed by atoms with Crippen LogP contribution in [0.25, 0.3) is 0 Å². The van der Waals surface area contributed by atoms with Gasteiger partial charge in [0.1, 0.15) is 6.04 Å². The largest absolute Gasteiger partial charge is 0.480 e. The highest BCUT2D eigenvalue weighted by atomic mass is 16.4. The summed E-state index contributed by atoms with van der Waals surface area (Å²) in [6.45, 7) is 4.53. The molecule has 0 saturated carbocycles. The molecule has 1 fully saturated rings. The Kier molecular flexibility index (Phi) is 3.46. The van der Waals surface area contributed by atoms with Crippen molar-refractivity contribution in [2.24, 2.45) is 0 Å². The van der Waals surface area contributed by atoms with Crippen LogP contribution in [-0.4, -0.2) is 48.1 Å². The number of amides is 1. The van der Waals surface area contributed by atoms with Crippen LogP contribution in [0.2, 0.25) is 0 Å². The first-order valence-corrected chi connectivity index (χ1v) is 6.21. The molecule has 102 valence electrons. The van der Waals surface area contributed by atoms with Crippen molar-refractivity contribution in [3.63, 3.8) is 0 Å². The van der Waals surface area contributed by atoms with E-state index in [9.17, 15) is 14.7 Å². The van der Waals surface area contributed by atoms with Gasteiger partial charge in [0.2, 0.25) is 5.91 Å². The van der Waals surface area contributed by atoms with E-state index in [0.717, 1.165) is 16.8 Å². The lowest BCUT2D eigenvalue weighted by Gasteiger charge is -2.38. The van der Waals surface area contributed by atoms with Crippen molar-refractivity contribution in [2.75, 3.05) is 25.0 Å². The second-order valence-corrected chi connectivity index (χ2v) is 5.03. The smallest absolute Gasteiger partial charge is 0.328 e. The lowest BCUT2D eigenvalue weighted by Crippen LogP contribution is -2.58. The van der Waals surface area contributed by atoms with Crippen molar-refractivity contribution in [3.8, 4) is 0 Å². The molecule has 1 unspecified atom stereocenters. The highest BCUT2D eigenvalue weighted by Crippen LogP contribution is 2.24. The molecule has 1 amide bonds. The number of nitrogens with zero attached hydrogens (tertiary/aromatic N) is 2. The fourth-order valence-corrected chi connectivity index (χ4v) is 2.43. The lowest BCUT2D eigenvalue weighted by molar-refractivity contribution is -0.149. The fourth-order valence-electron chi connectivity index (χ4n) is 2.43. The predicted octanol–water partition coefficient (Wildman–Crippen LogP) is 1.04. The van der Waals surface area contributed by atoms with E-state index in [1.165, 1.54) is 4.90 Å². The van der Waals surface area contributed by atoms with Gasteiger partial charge in [-0.1, -0.05) is 17.7 Å². The quantitative estimate of drug-likeness (QED) is 0.865. The average molecular weight is 262 g/mol. The number of anilines is 1. The summed E-state index contributed by atoms with van der Waals surface area (Å²) in [5, 5.41) is 9.18. The number of benzene rings is 1. The summed E-state index contributed by atoms with van der Waals surface area (Å²) < 4.78 is 0. The van der Waals surface area contributed by atoms with E-state index < -0.39 is 12.0 Å². The summed E-state index contributed by atoms with van der Waals surface area (Å²) in [6.07, 6.45) is 0. The van der Waals surface area contributed by atoms with Crippen LogP contribution in [0.1, 0.15) is 11.1 Å². The number of carboxylic acid groups (broad SMARTS) is 1. The molecular weight excluding hydrogens is 244 g/mol. The Balaban J connectivity index is 2.30. The highest BCUT2D eigenvalue weighted by Gasteiger charge is 2.34. The van der Waals surface area contributed by atoms with Gasteiger partial charge in [0, 0.05) is 19.3 Å². The van der Waals surface area contributed by atoms with E-state index in [-0.39, 0.29) is 12.5 Å². The molecule has 5 heteroatoms. The molecule has 1 N–H and O–H groups in total. The van der Waals surface area contributed by atoms with Crippen molar-refractivity contribution < 1.29 is 14.7 Å². The average Bonchev–Trinajstić information content (AvgIpc) is 2.32. The molecule has 1 aliphatic rings. The third-order valence-corrected chi connectivity index (χ3v) is 3.56. The van der Waals surface area contributed by atoms with Crippen molar-refractivity contribution in [2.45, 2.75) is 19.9 Å². The lowest BCUT2D eigenvalue weighted by atomic mass is 10.1. The van der Waals surface area contributed by atoms with Gasteiger partial charge in [-0.2, -0.15) is 0 Å². The van der Waals surface area contributed by atoms with Gasteiger partial charge in [0.15, 0.2) is 0 Å². The summed E-state index contributed by atoms with van der Waals surface area (Å²) in [5.41, 5.74) is 3.14. The number of carbonyl (C=O) groups is 2. The zero-order valence-electron chi connectivity index (χ0n) is 11.4. The van der Waals surface area contributed by atoms with Gasteiger partial charge in [-0.25, -0.2) is 4.79 Å². The van der Waals surface area contributed by atoms with Crippen molar-refractivity contribution >= 4 is 17.6 Å². The zero-order valence-corrected chi connectivity index (χ0v) is 11.4. The number of carbonyl (C=O) groups excluding carboxylic acids is 1. The molecular formula is C14H18N2O3. The molecule has 0 bridgehead atoms. The minimum absolute atomic E-state index is 0.168. The van der Waals surface area contributed by atoms with Gasteiger partial charge in [-0.15, -0.1) is 0 Å². The standard InChI is InChI=1S/C14H18N2O3/c1-9-4-5-11(10(2)6-9)16-7-12(14(18)19)15(3)13(17)8-16/h4-6,12H,7-8H2,1-3H3,(H,18,19). The van der Waals surface area contributed by atoms with Crippen LogP contribution in [0, 0.1) is 13.8 Å². The highest BCUT2D eigenvalue weighted by molar-refractivity contribution is 5.89. The van der Waals surface area contributed by atoms with Crippen LogP contribution in [0.5, 0.6) is 0 Å². The Hall–Kier alpha value is -2.04. The summed E-state index contributed by atoms with van der Waals surface area (Å²) in [4.78, 5) is 26.2.